The first-order chi connectivity index (χ1) is 28.3. The van der Waals surface area contributed by atoms with E-state index in [1.807, 2.05) is 48.9 Å². The van der Waals surface area contributed by atoms with Crippen LogP contribution in [0, 0.1) is 11.8 Å². The summed E-state index contributed by atoms with van der Waals surface area (Å²) >= 11 is 0. The fraction of sp³-hybridized carbons (Fsp3) is 0.289. The molecule has 6 aromatic rings. The van der Waals surface area contributed by atoms with Crippen molar-refractivity contribution in [2.75, 3.05) is 19.6 Å². The van der Waals surface area contributed by atoms with Crippen LogP contribution in [0.15, 0.2) is 91.5 Å². The van der Waals surface area contributed by atoms with Crippen LogP contribution >= 0.6 is 0 Å². The van der Waals surface area contributed by atoms with Crippen molar-refractivity contribution in [2.24, 2.45) is 7.05 Å². The minimum atomic E-state index is -0.635. The summed E-state index contributed by atoms with van der Waals surface area (Å²) in [6, 6.07) is 21.1. The number of nitrogens with zero attached hydrogens (tertiary/aromatic N) is 6. The van der Waals surface area contributed by atoms with Crippen LogP contribution in [0.4, 0.5) is 0 Å². The number of fused-ring (bicyclic) bond motifs is 4. The molecule has 1 N–H and O–H groups in total. The minimum Gasteiger partial charge on any atom is -0.489 e. The standard InChI is InChI=1S/C45H39N7O6/c1-50-39-14-15-46-23-38(39)37-9-4-27(18-41(37)50)28-5-13-43(48-21-28)58-34-19-33(20-34)57-32-7-6-30(47-22-32)3-2-16-51-25-35(26-51)56-31-8-10-36-29(17-31)24-52(45(36)55)40-11-12-42(53)49-44(40)54/h4-10,13-15,17-18,21-23,33-35,40H,11-12,16,19-20,24-26H2,1H3,(H,49,53,54). The van der Waals surface area contributed by atoms with Crippen LogP contribution < -0.4 is 19.5 Å². The fourth-order valence-corrected chi connectivity index (χ4v) is 8.24. The van der Waals surface area contributed by atoms with Gasteiger partial charge in [-0.1, -0.05) is 18.1 Å². The third-order valence-electron chi connectivity index (χ3n) is 11.5. The lowest BCUT2D eigenvalue weighted by Gasteiger charge is -2.37. The summed E-state index contributed by atoms with van der Waals surface area (Å²) in [6.45, 7) is 2.39. The van der Waals surface area contributed by atoms with Crippen LogP contribution in [0.5, 0.6) is 17.4 Å². The topological polar surface area (TPSA) is 141 Å². The minimum absolute atomic E-state index is 0.0206. The van der Waals surface area contributed by atoms with Crippen LogP contribution in [-0.2, 0) is 23.2 Å². The third kappa shape index (κ3) is 6.85. The molecule has 13 nitrogen and oxygen atoms in total. The van der Waals surface area contributed by atoms with E-state index in [1.165, 1.54) is 5.39 Å². The van der Waals surface area contributed by atoms with E-state index in [1.54, 1.807) is 23.2 Å². The van der Waals surface area contributed by atoms with E-state index >= 15 is 0 Å². The number of likely N-dealkylation sites (tertiary alicyclic amines) is 1. The van der Waals surface area contributed by atoms with E-state index in [-0.39, 0.29) is 36.5 Å². The second-order valence-corrected chi connectivity index (χ2v) is 15.4. The molecule has 1 atom stereocenters. The van der Waals surface area contributed by atoms with Gasteiger partial charge < -0.3 is 23.7 Å². The molecule has 2 aromatic carbocycles. The Labute approximate surface area is 333 Å². The second-order valence-electron chi connectivity index (χ2n) is 15.4. The molecule has 7 heterocycles. The molecular formula is C45H39N7O6. The van der Waals surface area contributed by atoms with Gasteiger partial charge in [-0.25, -0.2) is 9.97 Å². The molecule has 2 saturated heterocycles. The largest absolute Gasteiger partial charge is 0.489 e. The highest BCUT2D eigenvalue weighted by atomic mass is 16.5. The zero-order valence-corrected chi connectivity index (χ0v) is 31.8. The molecule has 1 unspecified atom stereocenters. The van der Waals surface area contributed by atoms with Crippen molar-refractivity contribution in [3.05, 3.63) is 108 Å². The zero-order chi connectivity index (χ0) is 39.3. The van der Waals surface area contributed by atoms with Crippen molar-refractivity contribution in [1.29, 1.82) is 0 Å². The summed E-state index contributed by atoms with van der Waals surface area (Å²) in [4.78, 5) is 54.0. The van der Waals surface area contributed by atoms with Gasteiger partial charge in [0.25, 0.3) is 5.91 Å². The Bertz CT molecular complexity index is 2650. The molecule has 0 radical (unpaired) electrons. The van der Waals surface area contributed by atoms with Crippen LogP contribution in [0.25, 0.3) is 32.9 Å². The number of amides is 3. The van der Waals surface area contributed by atoms with Gasteiger partial charge in [0, 0.05) is 98.0 Å². The first kappa shape index (κ1) is 35.6. The number of hydrogen-bond donors (Lipinski definition) is 1. The lowest BCUT2D eigenvalue weighted by molar-refractivity contribution is -0.136. The molecule has 3 amide bonds. The number of carbonyl (C=O) groups is 3. The molecule has 290 valence electrons. The highest BCUT2D eigenvalue weighted by molar-refractivity contribution is 6.08. The summed E-state index contributed by atoms with van der Waals surface area (Å²) in [5.74, 6) is 7.43. The average Bonchev–Trinajstić information content (AvgIpc) is 3.68. The van der Waals surface area contributed by atoms with Gasteiger partial charge in [0.1, 0.15) is 41.5 Å². The average molecular weight is 774 g/mol. The maximum absolute atomic E-state index is 13.0. The lowest BCUT2D eigenvalue weighted by atomic mass is 9.92. The SMILES string of the molecule is Cn1c2ccncc2c2ccc(-c3ccc(OC4CC(Oc5ccc(C#CCN6CC(Oc7ccc8c(c7)CN(C7CCC(=O)NC7=O)C8=O)C6)nc5)C4)nc3)cc21. The van der Waals surface area contributed by atoms with Crippen molar-refractivity contribution < 1.29 is 28.6 Å². The van der Waals surface area contributed by atoms with Crippen molar-refractivity contribution in [3.8, 4) is 40.3 Å². The highest BCUT2D eigenvalue weighted by Crippen LogP contribution is 2.34. The number of hydrogen-bond acceptors (Lipinski definition) is 10. The number of aromatic nitrogens is 4. The predicted molar refractivity (Wildman–Crippen MR) is 214 cm³/mol. The lowest BCUT2D eigenvalue weighted by Crippen LogP contribution is -2.53. The highest BCUT2D eigenvalue weighted by Gasteiger charge is 2.39. The van der Waals surface area contributed by atoms with Crippen molar-refractivity contribution in [2.45, 2.75) is 56.6 Å². The molecule has 58 heavy (non-hydrogen) atoms. The molecule has 13 heteroatoms. The fourth-order valence-electron chi connectivity index (χ4n) is 8.24. The van der Waals surface area contributed by atoms with E-state index in [0.717, 1.165) is 59.0 Å². The van der Waals surface area contributed by atoms with Crippen molar-refractivity contribution in [3.63, 3.8) is 0 Å². The van der Waals surface area contributed by atoms with Crippen LogP contribution in [0.3, 0.4) is 0 Å². The van der Waals surface area contributed by atoms with E-state index in [9.17, 15) is 14.4 Å². The van der Waals surface area contributed by atoms with Gasteiger partial charge in [0.2, 0.25) is 17.7 Å². The number of aryl methyl sites for hydroxylation is 1. The Balaban J connectivity index is 0.648. The number of pyridine rings is 3. The van der Waals surface area contributed by atoms with Crippen molar-refractivity contribution in [1.82, 2.24) is 34.6 Å². The Hall–Kier alpha value is -6.78. The second kappa shape index (κ2) is 14.6. The Morgan fingerprint density at radius 2 is 1.62 bits per heavy atom. The molecule has 1 aliphatic carbocycles. The van der Waals surface area contributed by atoms with Crippen molar-refractivity contribution >= 4 is 39.5 Å². The number of piperidine rings is 1. The first-order valence-electron chi connectivity index (χ1n) is 19.5. The van der Waals surface area contributed by atoms with Gasteiger partial charge >= 0.3 is 0 Å². The van der Waals surface area contributed by atoms with Gasteiger partial charge in [0.15, 0.2) is 0 Å². The number of benzene rings is 2. The predicted octanol–water partition coefficient (Wildman–Crippen LogP) is 5.05. The summed E-state index contributed by atoms with van der Waals surface area (Å²) in [5.41, 5.74) is 6.52. The smallest absolute Gasteiger partial charge is 0.255 e. The molecule has 0 spiro atoms. The summed E-state index contributed by atoms with van der Waals surface area (Å²) in [7, 11) is 2.08. The van der Waals surface area contributed by atoms with Gasteiger partial charge in [-0.05, 0) is 72.0 Å². The van der Waals surface area contributed by atoms with Crippen LogP contribution in [0.1, 0.15) is 47.3 Å². The number of carbonyl (C=O) groups excluding carboxylic acids is 3. The first-order valence-corrected chi connectivity index (χ1v) is 19.5. The van der Waals surface area contributed by atoms with Gasteiger partial charge in [-0.3, -0.25) is 29.6 Å². The molecular weight excluding hydrogens is 735 g/mol. The number of nitrogens with one attached hydrogen (secondary N) is 1. The molecule has 4 aliphatic rings. The van der Waals surface area contributed by atoms with Gasteiger partial charge in [0.05, 0.1) is 18.3 Å². The molecule has 10 rings (SSSR count). The number of rotatable bonds is 9. The summed E-state index contributed by atoms with van der Waals surface area (Å²) in [5, 5.41) is 4.67. The van der Waals surface area contributed by atoms with E-state index in [0.29, 0.717) is 48.1 Å². The number of imide groups is 1. The monoisotopic (exact) mass is 773 g/mol. The normalized spacial score (nSPS) is 20.5. The molecule has 3 aliphatic heterocycles. The summed E-state index contributed by atoms with van der Waals surface area (Å²) < 4.78 is 20.6. The molecule has 3 fully saturated rings. The maximum atomic E-state index is 13.0. The molecule has 0 bridgehead atoms. The Kier molecular flexibility index (Phi) is 8.98. The van der Waals surface area contributed by atoms with E-state index < -0.39 is 11.9 Å². The van der Waals surface area contributed by atoms with Crippen LogP contribution in [0.2, 0.25) is 0 Å². The Morgan fingerprint density at radius 3 is 2.43 bits per heavy atom. The van der Waals surface area contributed by atoms with E-state index in [2.05, 4.69) is 72.9 Å². The number of ether oxygens (including phenoxy) is 3. The molecule has 1 saturated carbocycles. The van der Waals surface area contributed by atoms with Crippen LogP contribution in [-0.4, -0.2) is 91.0 Å². The van der Waals surface area contributed by atoms with E-state index in [4.69, 9.17) is 14.2 Å². The Morgan fingerprint density at radius 1 is 0.793 bits per heavy atom. The zero-order valence-electron chi connectivity index (χ0n) is 31.8. The summed E-state index contributed by atoms with van der Waals surface area (Å²) in [6.07, 6.45) is 9.55. The molecule has 4 aromatic heterocycles. The van der Waals surface area contributed by atoms with Gasteiger partial charge in [-0.2, -0.15) is 0 Å². The van der Waals surface area contributed by atoms with Gasteiger partial charge in [-0.15, -0.1) is 0 Å². The third-order valence-corrected chi connectivity index (χ3v) is 11.5. The quantitative estimate of drug-likeness (QED) is 0.157. The maximum Gasteiger partial charge on any atom is 0.255 e.